The summed E-state index contributed by atoms with van der Waals surface area (Å²) in [4.78, 5) is 21.6. The van der Waals surface area contributed by atoms with E-state index in [1.807, 2.05) is 56.0 Å². The normalized spacial score (nSPS) is 13.5. The monoisotopic (exact) mass is 477 g/mol. The highest BCUT2D eigenvalue weighted by Crippen LogP contribution is 2.39. The van der Waals surface area contributed by atoms with Crippen LogP contribution in [-0.4, -0.2) is 72.0 Å². The fourth-order valence-corrected chi connectivity index (χ4v) is 3.98. The molecule has 0 atom stereocenters. The van der Waals surface area contributed by atoms with Gasteiger partial charge in [-0.1, -0.05) is 6.07 Å². The second kappa shape index (κ2) is 11.5. The highest BCUT2D eigenvalue weighted by molar-refractivity contribution is 5.95. The molecule has 3 heterocycles. The molecule has 1 fully saturated rings. The number of amides is 1. The van der Waals surface area contributed by atoms with Gasteiger partial charge in [-0.05, 0) is 57.2 Å². The first-order valence-electron chi connectivity index (χ1n) is 12.0. The number of ether oxygens (including phenoxy) is 3. The number of hydrogen-bond donors (Lipinski definition) is 0. The average Bonchev–Trinajstić information content (AvgIpc) is 2.91. The van der Waals surface area contributed by atoms with Crippen molar-refractivity contribution in [1.82, 2.24) is 20.1 Å². The molecule has 0 radical (unpaired) electrons. The average molecular weight is 478 g/mol. The standard InChI is InChI=1S/C26H31N5O4/c1-4-33-22-17-19(18-23(34-5-2)25(22)35-6-3)26(32)31-15-13-30(14-16-31)24-11-10-21(28-29-24)20-9-7-8-12-27-20/h7-12,17-18H,4-6,13-16H2,1-3H3. The Morgan fingerprint density at radius 1 is 0.829 bits per heavy atom. The summed E-state index contributed by atoms with van der Waals surface area (Å²) in [5.41, 5.74) is 2.04. The van der Waals surface area contributed by atoms with Gasteiger partial charge in [-0.2, -0.15) is 0 Å². The lowest BCUT2D eigenvalue weighted by atomic mass is 10.1. The van der Waals surface area contributed by atoms with E-state index in [0.717, 1.165) is 17.2 Å². The number of hydrogen-bond acceptors (Lipinski definition) is 8. The van der Waals surface area contributed by atoms with Crippen LogP contribution in [0.4, 0.5) is 5.82 Å². The van der Waals surface area contributed by atoms with E-state index in [9.17, 15) is 4.79 Å². The zero-order valence-corrected chi connectivity index (χ0v) is 20.4. The van der Waals surface area contributed by atoms with Crippen LogP contribution in [0.2, 0.25) is 0 Å². The molecule has 4 rings (SSSR count). The Balaban J connectivity index is 1.45. The Kier molecular flexibility index (Phi) is 7.97. The van der Waals surface area contributed by atoms with Crippen LogP contribution in [0.1, 0.15) is 31.1 Å². The quantitative estimate of drug-likeness (QED) is 0.461. The van der Waals surface area contributed by atoms with Crippen LogP contribution in [0.25, 0.3) is 11.4 Å². The second-order valence-corrected chi connectivity index (χ2v) is 7.87. The highest BCUT2D eigenvalue weighted by atomic mass is 16.5. The molecule has 9 heteroatoms. The van der Waals surface area contributed by atoms with Gasteiger partial charge in [0.05, 0.1) is 25.5 Å². The summed E-state index contributed by atoms with van der Waals surface area (Å²) in [5.74, 6) is 2.29. The van der Waals surface area contributed by atoms with Crippen LogP contribution in [0, 0.1) is 0 Å². The molecule has 0 bridgehead atoms. The maximum atomic E-state index is 13.3. The molecule has 0 unspecified atom stereocenters. The van der Waals surface area contributed by atoms with Crippen molar-refractivity contribution in [2.75, 3.05) is 50.9 Å². The zero-order chi connectivity index (χ0) is 24.6. The number of nitrogens with zero attached hydrogens (tertiary/aromatic N) is 5. The van der Waals surface area contributed by atoms with Crippen molar-refractivity contribution < 1.29 is 19.0 Å². The molecule has 1 aliphatic heterocycles. The molecule has 0 aliphatic carbocycles. The van der Waals surface area contributed by atoms with Gasteiger partial charge < -0.3 is 24.0 Å². The van der Waals surface area contributed by atoms with Crippen molar-refractivity contribution in [3.05, 3.63) is 54.2 Å². The summed E-state index contributed by atoms with van der Waals surface area (Å²) in [6, 6.07) is 13.1. The van der Waals surface area contributed by atoms with Crippen molar-refractivity contribution in [3.8, 4) is 28.6 Å². The van der Waals surface area contributed by atoms with Gasteiger partial charge in [0.1, 0.15) is 5.69 Å². The third-order valence-corrected chi connectivity index (χ3v) is 5.62. The molecule has 2 aromatic heterocycles. The summed E-state index contributed by atoms with van der Waals surface area (Å²) in [6.07, 6.45) is 1.74. The van der Waals surface area contributed by atoms with Crippen molar-refractivity contribution in [1.29, 1.82) is 0 Å². The molecule has 3 aromatic rings. The van der Waals surface area contributed by atoms with E-state index in [2.05, 4.69) is 20.1 Å². The van der Waals surface area contributed by atoms with E-state index in [-0.39, 0.29) is 5.91 Å². The van der Waals surface area contributed by atoms with Crippen LogP contribution in [0.3, 0.4) is 0 Å². The number of aromatic nitrogens is 3. The highest BCUT2D eigenvalue weighted by Gasteiger charge is 2.26. The van der Waals surface area contributed by atoms with E-state index >= 15 is 0 Å². The second-order valence-electron chi connectivity index (χ2n) is 7.87. The first-order chi connectivity index (χ1) is 17.1. The van der Waals surface area contributed by atoms with Gasteiger partial charge in [0.25, 0.3) is 5.91 Å². The van der Waals surface area contributed by atoms with Crippen LogP contribution in [-0.2, 0) is 0 Å². The largest absolute Gasteiger partial charge is 0.490 e. The summed E-state index contributed by atoms with van der Waals surface area (Å²) >= 11 is 0. The van der Waals surface area contributed by atoms with Crippen LogP contribution < -0.4 is 19.1 Å². The minimum Gasteiger partial charge on any atom is -0.490 e. The van der Waals surface area contributed by atoms with Gasteiger partial charge in [-0.25, -0.2) is 0 Å². The fourth-order valence-electron chi connectivity index (χ4n) is 3.98. The molecule has 1 aromatic carbocycles. The summed E-state index contributed by atoms with van der Waals surface area (Å²) in [5, 5.41) is 8.71. The lowest BCUT2D eigenvalue weighted by molar-refractivity contribution is 0.0745. The van der Waals surface area contributed by atoms with E-state index in [1.165, 1.54) is 0 Å². The fraction of sp³-hybridized carbons (Fsp3) is 0.385. The molecule has 1 amide bonds. The molecular formula is C26H31N5O4. The molecule has 1 aliphatic rings. The van der Waals surface area contributed by atoms with E-state index in [1.54, 1.807) is 18.3 Å². The van der Waals surface area contributed by atoms with E-state index in [0.29, 0.717) is 68.8 Å². The molecule has 1 saturated heterocycles. The van der Waals surface area contributed by atoms with Crippen LogP contribution >= 0.6 is 0 Å². The number of carbonyl (C=O) groups excluding carboxylic acids is 1. The third kappa shape index (κ3) is 5.62. The van der Waals surface area contributed by atoms with Crippen molar-refractivity contribution in [3.63, 3.8) is 0 Å². The maximum absolute atomic E-state index is 13.3. The smallest absolute Gasteiger partial charge is 0.254 e. The Labute approximate surface area is 205 Å². The zero-order valence-electron chi connectivity index (χ0n) is 20.4. The number of pyridine rings is 1. The van der Waals surface area contributed by atoms with Crippen LogP contribution in [0.5, 0.6) is 17.2 Å². The first-order valence-corrected chi connectivity index (χ1v) is 12.0. The van der Waals surface area contributed by atoms with E-state index in [4.69, 9.17) is 14.2 Å². The van der Waals surface area contributed by atoms with Gasteiger partial charge >= 0.3 is 0 Å². The van der Waals surface area contributed by atoms with Crippen molar-refractivity contribution in [2.45, 2.75) is 20.8 Å². The molecule has 184 valence electrons. The predicted molar refractivity (Wildman–Crippen MR) is 133 cm³/mol. The molecule has 9 nitrogen and oxygen atoms in total. The minimum absolute atomic E-state index is 0.0637. The lowest BCUT2D eigenvalue weighted by Crippen LogP contribution is -2.49. The van der Waals surface area contributed by atoms with Gasteiger partial charge in [0.2, 0.25) is 5.75 Å². The Morgan fingerprint density at radius 3 is 2.06 bits per heavy atom. The summed E-state index contributed by atoms with van der Waals surface area (Å²) < 4.78 is 17.3. The number of anilines is 1. The van der Waals surface area contributed by atoms with Crippen molar-refractivity contribution in [2.24, 2.45) is 0 Å². The molecule has 0 spiro atoms. The molecule has 0 saturated carbocycles. The Hall–Kier alpha value is -3.88. The summed E-state index contributed by atoms with van der Waals surface area (Å²) in [6.45, 7) is 9.57. The van der Waals surface area contributed by atoms with Gasteiger partial charge in [-0.3, -0.25) is 9.78 Å². The van der Waals surface area contributed by atoms with E-state index < -0.39 is 0 Å². The number of rotatable bonds is 9. The molecular weight excluding hydrogens is 446 g/mol. The molecule has 0 N–H and O–H groups in total. The number of piperazine rings is 1. The Bertz CT molecular complexity index is 1090. The number of benzene rings is 1. The van der Waals surface area contributed by atoms with Gasteiger partial charge in [0, 0.05) is 37.9 Å². The Morgan fingerprint density at radius 2 is 1.51 bits per heavy atom. The van der Waals surface area contributed by atoms with Crippen LogP contribution in [0.15, 0.2) is 48.7 Å². The third-order valence-electron chi connectivity index (χ3n) is 5.62. The maximum Gasteiger partial charge on any atom is 0.254 e. The minimum atomic E-state index is -0.0637. The lowest BCUT2D eigenvalue weighted by Gasteiger charge is -2.35. The topological polar surface area (TPSA) is 89.9 Å². The van der Waals surface area contributed by atoms with Gasteiger partial charge in [0.15, 0.2) is 17.3 Å². The van der Waals surface area contributed by atoms with Crippen molar-refractivity contribution >= 4 is 11.7 Å². The molecule has 35 heavy (non-hydrogen) atoms. The summed E-state index contributed by atoms with van der Waals surface area (Å²) in [7, 11) is 0. The number of carbonyl (C=O) groups is 1. The SMILES string of the molecule is CCOc1cc(C(=O)N2CCN(c3ccc(-c4ccccn4)nn3)CC2)cc(OCC)c1OCC. The predicted octanol–water partition coefficient (Wildman–Crippen LogP) is 3.70. The van der Waals surface area contributed by atoms with Gasteiger partial charge in [-0.15, -0.1) is 10.2 Å². The first kappa shape index (κ1) is 24.3.